The van der Waals surface area contributed by atoms with Crippen LogP contribution < -0.4 is 18.9 Å². The first-order chi connectivity index (χ1) is 25.3. The summed E-state index contributed by atoms with van der Waals surface area (Å²) in [6.07, 6.45) is 0.826. The van der Waals surface area contributed by atoms with Gasteiger partial charge in [-0.05, 0) is 81.6 Å². The third kappa shape index (κ3) is 6.46. The molecule has 1 unspecified atom stereocenters. The maximum Gasteiger partial charge on any atom is 0.415 e. The van der Waals surface area contributed by atoms with Crippen molar-refractivity contribution in [3.63, 3.8) is 0 Å². The van der Waals surface area contributed by atoms with E-state index in [9.17, 15) is 9.59 Å². The molecule has 4 heterocycles. The summed E-state index contributed by atoms with van der Waals surface area (Å²) >= 11 is 0. The van der Waals surface area contributed by atoms with Crippen molar-refractivity contribution in [1.29, 1.82) is 0 Å². The molecule has 4 aromatic rings. The van der Waals surface area contributed by atoms with Crippen LogP contribution in [0.25, 0.3) is 0 Å². The summed E-state index contributed by atoms with van der Waals surface area (Å²) in [7, 11) is 9.55. The number of hydrogen-bond donors (Lipinski definition) is 0. The summed E-state index contributed by atoms with van der Waals surface area (Å²) < 4.78 is 30.2. The second-order valence-electron chi connectivity index (χ2n) is 13.6. The van der Waals surface area contributed by atoms with E-state index in [2.05, 4.69) is 23.9 Å². The molecule has 4 aliphatic heterocycles. The molecule has 0 radical (unpaired) electrons. The number of hydrogen-bond acceptors (Lipinski definition) is 11. The van der Waals surface area contributed by atoms with Gasteiger partial charge in [-0.2, -0.15) is 0 Å². The maximum absolute atomic E-state index is 13.4. The lowest BCUT2D eigenvalue weighted by atomic mass is 9.77. The summed E-state index contributed by atoms with van der Waals surface area (Å²) in [5, 5.41) is 0. The van der Waals surface area contributed by atoms with Gasteiger partial charge in [-0.3, -0.25) is 4.90 Å². The van der Waals surface area contributed by atoms with Crippen molar-refractivity contribution in [2.75, 3.05) is 58.9 Å². The average Bonchev–Trinajstić information content (AvgIpc) is 3.46. The highest BCUT2D eigenvalue weighted by Crippen LogP contribution is 2.57. The fourth-order valence-electron chi connectivity index (χ4n) is 7.60. The Morgan fingerprint density at radius 1 is 0.865 bits per heavy atom. The predicted molar refractivity (Wildman–Crippen MR) is 202 cm³/mol. The smallest absolute Gasteiger partial charge is 0.415 e. The molecule has 8 rings (SSSR count). The van der Waals surface area contributed by atoms with E-state index in [-0.39, 0.29) is 24.7 Å². The third-order valence-electron chi connectivity index (χ3n) is 10.2. The number of piperazine rings is 1. The number of methoxy groups -OCH3 is 1. The molecule has 0 saturated carbocycles. The van der Waals surface area contributed by atoms with Crippen LogP contribution in [0.3, 0.4) is 0 Å². The molecule has 2 saturated heterocycles. The van der Waals surface area contributed by atoms with Crippen molar-refractivity contribution in [3.05, 3.63) is 113 Å². The molecular weight excluding hydrogens is 699 g/mol. The van der Waals surface area contributed by atoms with Crippen LogP contribution in [0.1, 0.15) is 39.0 Å². The molecule has 0 aromatic heterocycles. The van der Waals surface area contributed by atoms with Gasteiger partial charge in [-0.15, -0.1) is 0 Å². The van der Waals surface area contributed by atoms with Crippen molar-refractivity contribution < 1.29 is 33.3 Å². The van der Waals surface area contributed by atoms with Crippen molar-refractivity contribution >= 4 is 33.7 Å². The minimum atomic E-state index is -1.16. The molecule has 52 heavy (non-hydrogen) atoms. The zero-order valence-electron chi connectivity index (χ0n) is 29.4. The highest BCUT2D eigenvalue weighted by molar-refractivity contribution is 8.76. The largest absolute Gasteiger partial charge is 0.497 e. The van der Waals surface area contributed by atoms with E-state index in [1.807, 2.05) is 99.3 Å². The number of amides is 1. The van der Waals surface area contributed by atoms with Gasteiger partial charge in [0.15, 0.2) is 5.60 Å². The maximum atomic E-state index is 13.4. The second kappa shape index (κ2) is 14.6. The number of carbonyl (C=O) groups excluding carboxylic acids is 2. The Labute approximate surface area is 311 Å². The zero-order chi connectivity index (χ0) is 35.8. The van der Waals surface area contributed by atoms with Gasteiger partial charge in [0.1, 0.15) is 35.4 Å². The summed E-state index contributed by atoms with van der Waals surface area (Å²) in [5.74, 6) is 4.31. The predicted octanol–water partition coefficient (Wildman–Crippen LogP) is 7.04. The van der Waals surface area contributed by atoms with Crippen molar-refractivity contribution in [2.45, 2.75) is 30.7 Å². The molecule has 0 N–H and O–H groups in total. The molecule has 3 atom stereocenters. The second-order valence-corrected chi connectivity index (χ2v) is 16.2. The Morgan fingerprint density at radius 3 is 2.31 bits per heavy atom. The lowest BCUT2D eigenvalue weighted by Crippen LogP contribution is -2.64. The number of nitrogens with zero attached hydrogens (tertiary/aromatic N) is 3. The van der Waals surface area contributed by atoms with Gasteiger partial charge in [-0.1, -0.05) is 51.9 Å². The fraction of sp³-hybridized carbons (Fsp3) is 0.350. The Hall–Kier alpha value is -4.36. The van der Waals surface area contributed by atoms with Crippen molar-refractivity contribution in [3.8, 4) is 28.7 Å². The van der Waals surface area contributed by atoms with Crippen molar-refractivity contribution in [1.82, 2.24) is 14.7 Å². The number of carbonyl (C=O) groups is 2. The van der Waals surface area contributed by atoms with Crippen LogP contribution in [0.2, 0.25) is 0 Å². The van der Waals surface area contributed by atoms with E-state index in [1.165, 1.54) is 0 Å². The van der Waals surface area contributed by atoms with Gasteiger partial charge < -0.3 is 33.5 Å². The lowest BCUT2D eigenvalue weighted by Gasteiger charge is -2.48. The van der Waals surface area contributed by atoms with E-state index in [4.69, 9.17) is 23.7 Å². The minimum Gasteiger partial charge on any atom is -0.497 e. The van der Waals surface area contributed by atoms with Crippen molar-refractivity contribution in [2.24, 2.45) is 0 Å². The first-order valence-corrected chi connectivity index (χ1v) is 20.0. The van der Waals surface area contributed by atoms with Crippen LogP contribution in [-0.4, -0.2) is 97.7 Å². The van der Waals surface area contributed by atoms with Gasteiger partial charge in [0.25, 0.3) is 0 Å². The lowest BCUT2D eigenvalue weighted by molar-refractivity contribution is 0.0224. The minimum absolute atomic E-state index is 0.140. The molecular formula is C40H41N3O7S2. The highest BCUT2D eigenvalue weighted by atomic mass is 33.1. The van der Waals surface area contributed by atoms with Crippen LogP contribution >= 0.6 is 21.6 Å². The summed E-state index contributed by atoms with van der Waals surface area (Å²) in [6.45, 7) is 3.92. The van der Waals surface area contributed by atoms with Gasteiger partial charge in [0.05, 0.1) is 18.7 Å². The Balaban J connectivity index is 0.942. The SMILES string of the molecule is COc1ccc2c(c1)Oc1cc(OCc3ccc(OC(=O)N4CCN(CCCN(C)C)[C@@H]5CSSC[C@@H]54)cc3)ccc1C21OC(=O)c2ccccc21. The van der Waals surface area contributed by atoms with Gasteiger partial charge >= 0.3 is 12.1 Å². The molecule has 0 bridgehead atoms. The molecule has 12 heteroatoms. The molecule has 1 amide bonds. The van der Waals surface area contributed by atoms with Crippen LogP contribution in [0, 0.1) is 0 Å². The molecule has 0 aliphatic carbocycles. The quantitative estimate of drug-likeness (QED) is 0.131. The Kier molecular flexibility index (Phi) is 9.73. The molecule has 270 valence electrons. The van der Waals surface area contributed by atoms with E-state index in [0.29, 0.717) is 52.5 Å². The normalized spacial score (nSPS) is 21.8. The monoisotopic (exact) mass is 739 g/mol. The van der Waals surface area contributed by atoms with Crippen LogP contribution in [0.5, 0.6) is 28.7 Å². The standard InChI is InChI=1S/C40H41N3O7S2/c1-41(2)17-6-18-42-19-20-43(35-25-52-51-24-34(35)42)39(45)48-27-11-9-26(10-12-27)23-47-29-14-16-33-37(22-29)49-36-21-28(46-3)13-15-32(36)40(33)31-8-5-4-7-30(31)38(44)50-40/h4-5,7-16,21-22,34-35H,6,17-20,23-25H2,1-3H3/t34-,35+,40?/m1/s1. The van der Waals surface area contributed by atoms with E-state index >= 15 is 0 Å². The Bertz CT molecular complexity index is 1980. The number of rotatable bonds is 9. The van der Waals surface area contributed by atoms with E-state index < -0.39 is 5.60 Å². The number of esters is 1. The van der Waals surface area contributed by atoms with Crippen LogP contribution in [-0.2, 0) is 16.9 Å². The third-order valence-corrected chi connectivity index (χ3v) is 12.7. The van der Waals surface area contributed by atoms with Gasteiger partial charge in [0, 0.05) is 59.5 Å². The molecule has 4 aliphatic rings. The molecule has 2 fully saturated rings. The molecule has 1 spiro atoms. The summed E-state index contributed by atoms with van der Waals surface area (Å²) in [5.41, 5.74) is 2.48. The Morgan fingerprint density at radius 2 is 1.56 bits per heavy atom. The van der Waals surface area contributed by atoms with Crippen LogP contribution in [0.4, 0.5) is 4.79 Å². The van der Waals surface area contributed by atoms with Crippen LogP contribution in [0.15, 0.2) is 84.9 Å². The summed E-state index contributed by atoms with van der Waals surface area (Å²) in [4.78, 5) is 33.3. The first kappa shape index (κ1) is 34.7. The fourth-order valence-corrected chi connectivity index (χ4v) is 10.3. The average molecular weight is 740 g/mol. The highest BCUT2D eigenvalue weighted by Gasteiger charge is 2.53. The zero-order valence-corrected chi connectivity index (χ0v) is 31.0. The van der Waals surface area contributed by atoms with E-state index in [0.717, 1.165) is 54.3 Å². The van der Waals surface area contributed by atoms with Gasteiger partial charge in [-0.25, -0.2) is 9.59 Å². The summed E-state index contributed by atoms with van der Waals surface area (Å²) in [6, 6.07) is 26.5. The van der Waals surface area contributed by atoms with Gasteiger partial charge in [0.2, 0.25) is 0 Å². The number of benzene rings is 4. The van der Waals surface area contributed by atoms with E-state index in [1.54, 1.807) is 19.2 Å². The molecule has 10 nitrogen and oxygen atoms in total. The number of ether oxygens (including phenoxy) is 5. The molecule has 4 aromatic carbocycles. The number of fused-ring (bicyclic) bond motifs is 7. The topological polar surface area (TPSA) is 90.0 Å². The first-order valence-electron chi connectivity index (χ1n) is 17.5.